The molecule has 1 saturated heterocycles. The van der Waals surface area contributed by atoms with Gasteiger partial charge in [0, 0.05) is 11.3 Å². The van der Waals surface area contributed by atoms with Crippen LogP contribution < -0.4 is 10.2 Å². The lowest BCUT2D eigenvalue weighted by Gasteiger charge is -2.17. The Morgan fingerprint density at radius 2 is 1.58 bits per heavy atom. The molecule has 0 aromatic heterocycles. The Balaban J connectivity index is 1.35. The predicted molar refractivity (Wildman–Crippen MR) is 113 cm³/mol. The van der Waals surface area contributed by atoms with E-state index in [1.54, 1.807) is 43.3 Å². The van der Waals surface area contributed by atoms with Crippen LogP contribution in [-0.2, 0) is 9.59 Å². The number of carbonyl (C=O) groups excluding carboxylic acids is 3. The summed E-state index contributed by atoms with van der Waals surface area (Å²) in [6, 6.07) is 11.0. The zero-order valence-corrected chi connectivity index (χ0v) is 16.7. The summed E-state index contributed by atoms with van der Waals surface area (Å²) in [5.41, 5.74) is 1.79. The van der Waals surface area contributed by atoms with Crippen LogP contribution in [0.1, 0.15) is 32.7 Å². The van der Waals surface area contributed by atoms with Crippen molar-refractivity contribution in [1.82, 2.24) is 0 Å². The van der Waals surface area contributed by atoms with Crippen LogP contribution in [0.3, 0.4) is 0 Å². The van der Waals surface area contributed by atoms with Gasteiger partial charge in [-0.25, -0.2) is 4.79 Å². The molecule has 2 bridgehead atoms. The standard InChI is InChI=1S/C24H20N2O5/c1-12-17(24(30)31)3-2-4-18(12)25-21(27)13-7-9-16(10-8-13)26-22(28)19-14-5-6-15(11-14)20(19)23(26)29/h2-10,14-15,19-20H,11H2,1H3,(H,25,27)(H,30,31)/t14-,15-,19+,20+/m1/s1. The lowest BCUT2D eigenvalue weighted by Crippen LogP contribution is -2.32. The average molecular weight is 416 g/mol. The molecule has 0 unspecified atom stereocenters. The first kappa shape index (κ1) is 19.2. The summed E-state index contributed by atoms with van der Waals surface area (Å²) in [5.74, 6) is -2.04. The smallest absolute Gasteiger partial charge is 0.336 e. The van der Waals surface area contributed by atoms with E-state index in [1.165, 1.54) is 11.0 Å². The van der Waals surface area contributed by atoms with Gasteiger partial charge in [-0.3, -0.25) is 19.3 Å². The number of carboxylic acids is 1. The Bertz CT molecular complexity index is 1140. The van der Waals surface area contributed by atoms with Crippen molar-refractivity contribution in [2.75, 3.05) is 10.2 Å². The van der Waals surface area contributed by atoms with Crippen LogP contribution in [0.5, 0.6) is 0 Å². The van der Waals surface area contributed by atoms with E-state index in [-0.39, 0.29) is 41.0 Å². The highest BCUT2D eigenvalue weighted by Gasteiger charge is 2.59. The number of hydrogen-bond acceptors (Lipinski definition) is 4. The van der Waals surface area contributed by atoms with Gasteiger partial charge < -0.3 is 10.4 Å². The third-order valence-corrected chi connectivity index (χ3v) is 6.67. The molecule has 7 nitrogen and oxygen atoms in total. The zero-order valence-electron chi connectivity index (χ0n) is 16.7. The molecule has 2 aromatic carbocycles. The van der Waals surface area contributed by atoms with Crippen LogP contribution >= 0.6 is 0 Å². The van der Waals surface area contributed by atoms with Crippen molar-refractivity contribution in [2.24, 2.45) is 23.7 Å². The normalized spacial score (nSPS) is 25.8. The Kier molecular flexibility index (Phi) is 4.28. The van der Waals surface area contributed by atoms with E-state index in [1.807, 2.05) is 0 Å². The fourth-order valence-electron chi connectivity index (χ4n) is 5.12. The highest BCUT2D eigenvalue weighted by molar-refractivity contribution is 6.23. The van der Waals surface area contributed by atoms with Gasteiger partial charge in [0.2, 0.25) is 11.8 Å². The van der Waals surface area contributed by atoms with Crippen molar-refractivity contribution in [3.8, 4) is 0 Å². The summed E-state index contributed by atoms with van der Waals surface area (Å²) in [7, 11) is 0. The van der Waals surface area contributed by atoms with E-state index in [2.05, 4.69) is 17.5 Å². The molecule has 1 saturated carbocycles. The molecule has 0 spiro atoms. The van der Waals surface area contributed by atoms with E-state index in [0.29, 0.717) is 22.5 Å². The number of aromatic carboxylic acids is 1. The molecule has 7 heteroatoms. The second-order valence-corrected chi connectivity index (χ2v) is 8.30. The number of amides is 3. The maximum Gasteiger partial charge on any atom is 0.336 e. The van der Waals surface area contributed by atoms with Crippen LogP contribution in [0, 0.1) is 30.6 Å². The summed E-state index contributed by atoms with van der Waals surface area (Å²) >= 11 is 0. The largest absolute Gasteiger partial charge is 0.478 e. The number of fused-ring (bicyclic) bond motifs is 5. The molecule has 5 rings (SSSR count). The molecule has 2 aromatic rings. The fraction of sp³-hybridized carbons (Fsp3) is 0.250. The number of hydrogen-bond donors (Lipinski definition) is 2. The Morgan fingerprint density at radius 1 is 0.968 bits per heavy atom. The van der Waals surface area contributed by atoms with Crippen LogP contribution in [0.4, 0.5) is 11.4 Å². The highest BCUT2D eigenvalue weighted by Crippen LogP contribution is 2.53. The number of nitrogens with one attached hydrogen (secondary N) is 1. The molecule has 3 aliphatic rings. The van der Waals surface area contributed by atoms with Crippen molar-refractivity contribution >= 4 is 35.1 Å². The Morgan fingerprint density at radius 3 is 2.16 bits per heavy atom. The molecule has 1 aliphatic heterocycles. The number of allylic oxidation sites excluding steroid dienone is 2. The summed E-state index contributed by atoms with van der Waals surface area (Å²) in [6.45, 7) is 1.63. The van der Waals surface area contributed by atoms with Crippen LogP contribution in [0.2, 0.25) is 0 Å². The molecule has 3 amide bonds. The summed E-state index contributed by atoms with van der Waals surface area (Å²) < 4.78 is 0. The minimum Gasteiger partial charge on any atom is -0.478 e. The van der Waals surface area contributed by atoms with Crippen molar-refractivity contribution in [3.63, 3.8) is 0 Å². The average Bonchev–Trinajstić information content (AvgIpc) is 3.43. The topological polar surface area (TPSA) is 104 Å². The van der Waals surface area contributed by atoms with E-state index < -0.39 is 11.9 Å². The lowest BCUT2D eigenvalue weighted by atomic mass is 9.85. The number of anilines is 2. The number of carbonyl (C=O) groups is 4. The third kappa shape index (κ3) is 2.88. The molecule has 156 valence electrons. The summed E-state index contributed by atoms with van der Waals surface area (Å²) in [6.07, 6.45) is 4.98. The van der Waals surface area contributed by atoms with Crippen LogP contribution in [-0.4, -0.2) is 28.8 Å². The van der Waals surface area contributed by atoms with E-state index >= 15 is 0 Å². The van der Waals surface area contributed by atoms with Crippen LogP contribution in [0.15, 0.2) is 54.6 Å². The SMILES string of the molecule is Cc1c(NC(=O)c2ccc(N3C(=O)[C@@H]4[C@@H](C3=O)[C@@H]3C=C[C@@H]4C3)cc2)cccc1C(=O)O. The van der Waals surface area contributed by atoms with Crippen LogP contribution in [0.25, 0.3) is 0 Å². The van der Waals surface area contributed by atoms with Gasteiger partial charge in [0.15, 0.2) is 0 Å². The van der Waals surface area contributed by atoms with Crippen molar-refractivity contribution < 1.29 is 24.3 Å². The molecule has 1 heterocycles. The summed E-state index contributed by atoms with van der Waals surface area (Å²) in [5, 5.41) is 12.0. The molecule has 2 N–H and O–H groups in total. The number of nitrogens with zero attached hydrogens (tertiary/aromatic N) is 1. The van der Waals surface area contributed by atoms with Crippen molar-refractivity contribution in [3.05, 3.63) is 71.3 Å². The van der Waals surface area contributed by atoms with E-state index in [4.69, 9.17) is 0 Å². The number of imide groups is 1. The maximum atomic E-state index is 12.9. The Hall–Kier alpha value is -3.74. The third-order valence-electron chi connectivity index (χ3n) is 6.67. The molecule has 4 atom stereocenters. The van der Waals surface area contributed by atoms with Gasteiger partial charge in [-0.1, -0.05) is 18.2 Å². The number of carboxylic acid groups (broad SMARTS) is 1. The van der Waals surface area contributed by atoms with Crippen molar-refractivity contribution in [2.45, 2.75) is 13.3 Å². The molecule has 31 heavy (non-hydrogen) atoms. The predicted octanol–water partition coefficient (Wildman–Crippen LogP) is 3.26. The number of rotatable bonds is 4. The van der Waals surface area contributed by atoms with E-state index in [9.17, 15) is 24.3 Å². The molecule has 2 fully saturated rings. The first-order valence-corrected chi connectivity index (χ1v) is 10.2. The van der Waals surface area contributed by atoms with E-state index in [0.717, 1.165) is 6.42 Å². The highest BCUT2D eigenvalue weighted by atomic mass is 16.4. The van der Waals surface area contributed by atoms with Crippen molar-refractivity contribution in [1.29, 1.82) is 0 Å². The first-order chi connectivity index (χ1) is 14.9. The van der Waals surface area contributed by atoms with Gasteiger partial charge in [-0.15, -0.1) is 0 Å². The van der Waals surface area contributed by atoms with Gasteiger partial charge in [0.1, 0.15) is 0 Å². The summed E-state index contributed by atoms with van der Waals surface area (Å²) in [4.78, 5) is 51.0. The number of benzene rings is 2. The molecule has 2 aliphatic carbocycles. The zero-order chi connectivity index (χ0) is 21.9. The maximum absolute atomic E-state index is 12.9. The second kappa shape index (κ2) is 6.91. The fourth-order valence-corrected chi connectivity index (χ4v) is 5.12. The quantitative estimate of drug-likeness (QED) is 0.588. The first-order valence-electron chi connectivity index (χ1n) is 10.2. The Labute approximate surface area is 178 Å². The molecular formula is C24H20N2O5. The van der Waals surface area contributed by atoms with Gasteiger partial charge in [0.05, 0.1) is 23.1 Å². The van der Waals surface area contributed by atoms with Gasteiger partial charge in [-0.2, -0.15) is 0 Å². The van der Waals surface area contributed by atoms with Gasteiger partial charge >= 0.3 is 5.97 Å². The molecule has 0 radical (unpaired) electrons. The second-order valence-electron chi connectivity index (χ2n) is 8.30. The minimum atomic E-state index is -1.06. The monoisotopic (exact) mass is 416 g/mol. The van der Waals surface area contributed by atoms with Gasteiger partial charge in [-0.05, 0) is 67.1 Å². The minimum absolute atomic E-state index is 0.119. The van der Waals surface area contributed by atoms with Gasteiger partial charge in [0.25, 0.3) is 5.91 Å². The lowest BCUT2D eigenvalue weighted by molar-refractivity contribution is -0.123. The molecular weight excluding hydrogens is 396 g/mol.